The van der Waals surface area contributed by atoms with Crippen molar-refractivity contribution in [2.45, 2.75) is 51.9 Å². The van der Waals surface area contributed by atoms with Gasteiger partial charge >= 0.3 is 6.18 Å². The van der Waals surface area contributed by atoms with Gasteiger partial charge in [0.25, 0.3) is 0 Å². The topological polar surface area (TPSA) is 48.9 Å². The quantitative estimate of drug-likeness (QED) is 0.337. The van der Waals surface area contributed by atoms with Crippen molar-refractivity contribution in [3.8, 4) is 0 Å². The molecule has 30 heavy (non-hydrogen) atoms. The Kier molecular flexibility index (Phi) is 10.4. The van der Waals surface area contributed by atoms with Crippen molar-refractivity contribution in [2.75, 3.05) is 39.8 Å². The molecule has 0 atom stereocenters. The van der Waals surface area contributed by atoms with Gasteiger partial charge in [-0.05, 0) is 62.4 Å². The van der Waals surface area contributed by atoms with Crippen LogP contribution in [0.2, 0.25) is 0 Å². The van der Waals surface area contributed by atoms with E-state index in [2.05, 4.69) is 32.2 Å². The van der Waals surface area contributed by atoms with Gasteiger partial charge in [0.1, 0.15) is 6.61 Å². The number of alkyl halides is 3. The standard InChI is InChI=1S/C22H35F3N4O/c1-18-9-13-29(14-10-18)12-4-3-11-27-21(26-2)28-15-19-5-7-20(8-6-19)16-30-17-22(23,24)25/h5-8,18H,3-4,9-17H2,1-2H3,(H2,26,27,28). The number of hydrogen-bond donors (Lipinski definition) is 2. The van der Waals surface area contributed by atoms with Gasteiger partial charge in [0.2, 0.25) is 0 Å². The van der Waals surface area contributed by atoms with Crippen LogP contribution in [0.15, 0.2) is 29.3 Å². The van der Waals surface area contributed by atoms with Gasteiger partial charge in [0, 0.05) is 20.1 Å². The van der Waals surface area contributed by atoms with Gasteiger partial charge in [-0.25, -0.2) is 0 Å². The SMILES string of the molecule is CN=C(NCCCCN1CCC(C)CC1)NCc1ccc(COCC(F)(F)F)cc1. The summed E-state index contributed by atoms with van der Waals surface area (Å²) in [5.41, 5.74) is 1.74. The molecule has 5 nitrogen and oxygen atoms in total. The predicted octanol–water partition coefficient (Wildman–Crippen LogP) is 3.94. The van der Waals surface area contributed by atoms with Crippen LogP contribution >= 0.6 is 0 Å². The molecule has 1 aromatic rings. The molecular formula is C22H35F3N4O. The zero-order valence-electron chi connectivity index (χ0n) is 18.1. The zero-order valence-corrected chi connectivity index (χ0v) is 18.1. The maximum Gasteiger partial charge on any atom is 0.411 e. The Morgan fingerprint density at radius 2 is 1.77 bits per heavy atom. The minimum Gasteiger partial charge on any atom is -0.367 e. The summed E-state index contributed by atoms with van der Waals surface area (Å²) in [5.74, 6) is 1.62. The van der Waals surface area contributed by atoms with E-state index in [9.17, 15) is 13.2 Å². The number of hydrogen-bond acceptors (Lipinski definition) is 3. The molecule has 0 spiro atoms. The maximum atomic E-state index is 12.1. The third-order valence-corrected chi connectivity index (χ3v) is 5.31. The van der Waals surface area contributed by atoms with Crippen molar-refractivity contribution in [3.05, 3.63) is 35.4 Å². The third-order valence-electron chi connectivity index (χ3n) is 5.31. The fraction of sp³-hybridized carbons (Fsp3) is 0.682. The first-order valence-corrected chi connectivity index (χ1v) is 10.7. The summed E-state index contributed by atoms with van der Waals surface area (Å²) >= 11 is 0. The van der Waals surface area contributed by atoms with Crippen molar-refractivity contribution in [1.29, 1.82) is 0 Å². The average molecular weight is 429 g/mol. The van der Waals surface area contributed by atoms with Crippen molar-refractivity contribution in [1.82, 2.24) is 15.5 Å². The highest BCUT2D eigenvalue weighted by atomic mass is 19.4. The minimum absolute atomic E-state index is 0.0487. The van der Waals surface area contributed by atoms with E-state index in [1.54, 1.807) is 19.2 Å². The number of ether oxygens (including phenoxy) is 1. The summed E-state index contributed by atoms with van der Waals surface area (Å²) in [4.78, 5) is 6.80. The lowest BCUT2D eigenvalue weighted by atomic mass is 9.99. The second kappa shape index (κ2) is 12.8. The Balaban J connectivity index is 1.58. The van der Waals surface area contributed by atoms with E-state index in [-0.39, 0.29) is 6.61 Å². The predicted molar refractivity (Wildman–Crippen MR) is 114 cm³/mol. The first kappa shape index (κ1) is 24.5. The van der Waals surface area contributed by atoms with Gasteiger partial charge in [0.05, 0.1) is 6.61 Å². The molecule has 1 aromatic carbocycles. The second-order valence-corrected chi connectivity index (χ2v) is 8.01. The van der Waals surface area contributed by atoms with Crippen LogP contribution in [0.3, 0.4) is 0 Å². The molecule has 0 saturated carbocycles. The van der Waals surface area contributed by atoms with Gasteiger partial charge in [0.15, 0.2) is 5.96 Å². The maximum absolute atomic E-state index is 12.1. The van der Waals surface area contributed by atoms with E-state index in [0.29, 0.717) is 12.1 Å². The van der Waals surface area contributed by atoms with E-state index in [4.69, 9.17) is 0 Å². The number of halogens is 3. The van der Waals surface area contributed by atoms with Gasteiger partial charge < -0.3 is 20.3 Å². The summed E-state index contributed by atoms with van der Waals surface area (Å²) in [6.07, 6.45) is 0.612. The number of piperidine rings is 1. The number of rotatable bonds is 10. The fourth-order valence-corrected chi connectivity index (χ4v) is 3.40. The Morgan fingerprint density at radius 3 is 2.40 bits per heavy atom. The van der Waals surface area contributed by atoms with Gasteiger partial charge in [-0.2, -0.15) is 13.2 Å². The van der Waals surface area contributed by atoms with Crippen LogP contribution in [0.4, 0.5) is 13.2 Å². The lowest BCUT2D eigenvalue weighted by molar-refractivity contribution is -0.176. The Morgan fingerprint density at radius 1 is 1.10 bits per heavy atom. The summed E-state index contributed by atoms with van der Waals surface area (Å²) < 4.78 is 41.0. The van der Waals surface area contributed by atoms with Crippen LogP contribution in [0.25, 0.3) is 0 Å². The number of likely N-dealkylation sites (tertiary alicyclic amines) is 1. The first-order chi connectivity index (χ1) is 14.4. The molecule has 0 unspecified atom stereocenters. The molecule has 1 fully saturated rings. The number of nitrogens with one attached hydrogen (secondary N) is 2. The molecule has 2 rings (SSSR count). The Bertz CT molecular complexity index is 626. The average Bonchev–Trinajstić information content (AvgIpc) is 2.71. The Hall–Kier alpha value is -1.80. The number of guanidine groups is 1. The molecular weight excluding hydrogens is 393 g/mol. The molecule has 1 heterocycles. The van der Waals surface area contributed by atoms with Crippen LogP contribution in [-0.4, -0.2) is 56.9 Å². The second-order valence-electron chi connectivity index (χ2n) is 8.01. The molecule has 2 N–H and O–H groups in total. The number of benzene rings is 1. The van der Waals surface area contributed by atoms with E-state index in [1.807, 2.05) is 12.1 Å². The molecule has 0 amide bonds. The van der Waals surface area contributed by atoms with Crippen molar-refractivity contribution >= 4 is 5.96 Å². The molecule has 0 bridgehead atoms. The van der Waals surface area contributed by atoms with Crippen LogP contribution < -0.4 is 10.6 Å². The Labute approximate surface area is 178 Å². The molecule has 8 heteroatoms. The fourth-order valence-electron chi connectivity index (χ4n) is 3.40. The molecule has 1 saturated heterocycles. The van der Waals surface area contributed by atoms with Gasteiger partial charge in [-0.15, -0.1) is 0 Å². The summed E-state index contributed by atoms with van der Waals surface area (Å²) in [7, 11) is 1.74. The number of aliphatic imine (C=N–C) groups is 1. The summed E-state index contributed by atoms with van der Waals surface area (Å²) in [5, 5.41) is 6.59. The van der Waals surface area contributed by atoms with E-state index in [0.717, 1.165) is 30.4 Å². The smallest absolute Gasteiger partial charge is 0.367 e. The third kappa shape index (κ3) is 10.3. The zero-order chi connectivity index (χ0) is 21.8. The van der Waals surface area contributed by atoms with Crippen molar-refractivity contribution < 1.29 is 17.9 Å². The first-order valence-electron chi connectivity index (χ1n) is 10.7. The highest BCUT2D eigenvalue weighted by Gasteiger charge is 2.27. The van der Waals surface area contributed by atoms with Crippen molar-refractivity contribution in [2.24, 2.45) is 10.9 Å². The normalized spacial score (nSPS) is 16.6. The van der Waals surface area contributed by atoms with Crippen LogP contribution in [-0.2, 0) is 17.9 Å². The van der Waals surface area contributed by atoms with Crippen molar-refractivity contribution in [3.63, 3.8) is 0 Å². The van der Waals surface area contributed by atoms with Gasteiger partial charge in [-0.1, -0.05) is 31.2 Å². The van der Waals surface area contributed by atoms with E-state index in [1.165, 1.54) is 38.9 Å². The van der Waals surface area contributed by atoms with Gasteiger partial charge in [-0.3, -0.25) is 4.99 Å². The molecule has 0 radical (unpaired) electrons. The molecule has 0 aromatic heterocycles. The molecule has 0 aliphatic carbocycles. The highest BCUT2D eigenvalue weighted by molar-refractivity contribution is 5.79. The summed E-state index contributed by atoms with van der Waals surface area (Å²) in [6.45, 7) is 6.15. The minimum atomic E-state index is -4.29. The molecule has 1 aliphatic heterocycles. The number of nitrogens with zero attached hydrogens (tertiary/aromatic N) is 2. The van der Waals surface area contributed by atoms with Crippen LogP contribution in [0.1, 0.15) is 43.7 Å². The molecule has 170 valence electrons. The lowest BCUT2D eigenvalue weighted by Crippen LogP contribution is -2.38. The largest absolute Gasteiger partial charge is 0.411 e. The monoisotopic (exact) mass is 428 g/mol. The molecule has 1 aliphatic rings. The van der Waals surface area contributed by atoms with Crippen LogP contribution in [0.5, 0.6) is 0 Å². The lowest BCUT2D eigenvalue weighted by Gasteiger charge is -2.30. The van der Waals surface area contributed by atoms with Crippen LogP contribution in [0, 0.1) is 5.92 Å². The van der Waals surface area contributed by atoms with E-state index >= 15 is 0 Å². The highest BCUT2D eigenvalue weighted by Crippen LogP contribution is 2.16. The number of unbranched alkanes of at least 4 members (excludes halogenated alkanes) is 1. The van der Waals surface area contributed by atoms with E-state index < -0.39 is 12.8 Å². The summed E-state index contributed by atoms with van der Waals surface area (Å²) in [6, 6.07) is 7.33.